The summed E-state index contributed by atoms with van der Waals surface area (Å²) < 4.78 is 5.13. The van der Waals surface area contributed by atoms with E-state index in [-0.39, 0.29) is 11.8 Å². The first-order valence-corrected chi connectivity index (χ1v) is 9.80. The number of aryl methyl sites for hydroxylation is 3. The Kier molecular flexibility index (Phi) is 5.66. The molecule has 6 nitrogen and oxygen atoms in total. The third-order valence-corrected chi connectivity index (χ3v) is 5.31. The lowest BCUT2D eigenvalue weighted by Gasteiger charge is -2.11. The van der Waals surface area contributed by atoms with E-state index in [1.165, 1.54) is 11.8 Å². The van der Waals surface area contributed by atoms with Gasteiger partial charge in [0, 0.05) is 28.6 Å². The maximum atomic E-state index is 12.3. The molecular weight excluding hydrogens is 350 g/mol. The number of hydrogen-bond donors (Lipinski definition) is 2. The van der Waals surface area contributed by atoms with Gasteiger partial charge in [-0.1, -0.05) is 11.2 Å². The Hall–Kier alpha value is -2.28. The van der Waals surface area contributed by atoms with E-state index in [1.807, 2.05) is 26.8 Å². The number of nitrogens with one attached hydrogen (secondary N) is 2. The number of rotatable bonds is 7. The smallest absolute Gasteiger partial charge is 0.251 e. The van der Waals surface area contributed by atoms with Crippen LogP contribution in [0.2, 0.25) is 0 Å². The normalized spacial score (nSPS) is 13.5. The summed E-state index contributed by atoms with van der Waals surface area (Å²) in [6, 6.07) is 5.69. The van der Waals surface area contributed by atoms with E-state index in [9.17, 15) is 9.59 Å². The van der Waals surface area contributed by atoms with Crippen LogP contribution in [0.1, 0.15) is 45.8 Å². The molecule has 1 heterocycles. The second-order valence-corrected chi connectivity index (χ2v) is 7.61. The zero-order chi connectivity index (χ0) is 18.7. The van der Waals surface area contributed by atoms with Crippen LogP contribution in [0.3, 0.4) is 0 Å². The van der Waals surface area contributed by atoms with Crippen molar-refractivity contribution in [3.63, 3.8) is 0 Å². The first kappa shape index (κ1) is 18.5. The van der Waals surface area contributed by atoms with E-state index in [0.717, 1.165) is 35.4 Å². The van der Waals surface area contributed by atoms with Crippen molar-refractivity contribution in [1.82, 2.24) is 10.5 Å². The maximum Gasteiger partial charge on any atom is 0.251 e. The maximum absolute atomic E-state index is 12.3. The minimum absolute atomic E-state index is 0.0872. The van der Waals surface area contributed by atoms with Crippen molar-refractivity contribution < 1.29 is 14.1 Å². The summed E-state index contributed by atoms with van der Waals surface area (Å²) in [5.74, 6) is 1.61. The van der Waals surface area contributed by atoms with E-state index < -0.39 is 0 Å². The third-order valence-electron chi connectivity index (χ3n) is 4.35. The molecule has 0 spiro atoms. The van der Waals surface area contributed by atoms with E-state index in [0.29, 0.717) is 28.8 Å². The molecule has 2 amide bonds. The summed E-state index contributed by atoms with van der Waals surface area (Å²) in [5.41, 5.74) is 4.08. The summed E-state index contributed by atoms with van der Waals surface area (Å²) in [6.45, 7) is 5.68. The van der Waals surface area contributed by atoms with Gasteiger partial charge in [-0.2, -0.15) is 0 Å². The molecule has 1 aliphatic carbocycles. The van der Waals surface area contributed by atoms with Crippen LogP contribution in [0, 0.1) is 20.8 Å². The molecule has 3 rings (SSSR count). The number of carbonyl (C=O) groups is 2. The second-order valence-electron chi connectivity index (χ2n) is 6.62. The van der Waals surface area contributed by atoms with E-state index in [2.05, 4.69) is 15.8 Å². The average molecular weight is 373 g/mol. The first-order valence-electron chi connectivity index (χ1n) is 8.65. The Morgan fingerprint density at radius 3 is 2.69 bits per heavy atom. The summed E-state index contributed by atoms with van der Waals surface area (Å²) >= 11 is 1.51. The fourth-order valence-corrected chi connectivity index (χ4v) is 3.51. The number of amides is 2. The molecule has 1 aliphatic rings. The van der Waals surface area contributed by atoms with Crippen LogP contribution in [0.25, 0.3) is 0 Å². The second kappa shape index (κ2) is 7.95. The molecule has 0 bridgehead atoms. The molecule has 0 unspecified atom stereocenters. The zero-order valence-corrected chi connectivity index (χ0v) is 16.0. The van der Waals surface area contributed by atoms with E-state index in [1.54, 1.807) is 12.1 Å². The molecule has 2 aromatic rings. The van der Waals surface area contributed by atoms with Crippen molar-refractivity contribution in [2.75, 3.05) is 11.1 Å². The van der Waals surface area contributed by atoms with Crippen molar-refractivity contribution in [2.24, 2.45) is 0 Å². The summed E-state index contributed by atoms with van der Waals surface area (Å²) in [4.78, 5) is 24.4. The molecule has 0 radical (unpaired) electrons. The fourth-order valence-electron chi connectivity index (χ4n) is 2.53. The van der Waals surface area contributed by atoms with Gasteiger partial charge in [-0.05, 0) is 51.3 Å². The Balaban J connectivity index is 1.55. The standard InChI is InChI=1S/C19H23N3O3S/c1-11-4-5-14(19(24)20-15-6-7-15)8-17(11)21-18(23)10-26-9-16-12(2)22-25-13(16)3/h4-5,8,15H,6-7,9-10H2,1-3H3,(H,20,24)(H,21,23). The molecule has 1 saturated carbocycles. The number of nitrogens with zero attached hydrogens (tertiary/aromatic N) is 1. The van der Waals surface area contributed by atoms with Crippen LogP contribution in [-0.4, -0.2) is 28.8 Å². The SMILES string of the molecule is Cc1ccc(C(=O)NC2CC2)cc1NC(=O)CSCc1c(C)noc1C. The Morgan fingerprint density at radius 2 is 2.04 bits per heavy atom. The molecule has 2 N–H and O–H groups in total. The number of carbonyl (C=O) groups excluding carboxylic acids is 2. The number of thioether (sulfide) groups is 1. The van der Waals surface area contributed by atoms with Gasteiger partial charge in [-0.3, -0.25) is 9.59 Å². The molecular formula is C19H23N3O3S. The summed E-state index contributed by atoms with van der Waals surface area (Å²) in [6.07, 6.45) is 2.09. The highest BCUT2D eigenvalue weighted by Crippen LogP contribution is 2.22. The molecule has 7 heteroatoms. The van der Waals surface area contributed by atoms with Crippen molar-refractivity contribution >= 4 is 29.3 Å². The molecule has 1 aromatic carbocycles. The molecule has 0 saturated heterocycles. The predicted octanol–water partition coefficient (Wildman–Crippen LogP) is 3.36. The van der Waals surface area contributed by atoms with Gasteiger partial charge in [0.2, 0.25) is 5.91 Å². The van der Waals surface area contributed by atoms with Crippen molar-refractivity contribution in [3.8, 4) is 0 Å². The molecule has 138 valence electrons. The molecule has 1 aromatic heterocycles. The summed E-state index contributed by atoms with van der Waals surface area (Å²) in [5, 5.41) is 9.78. The monoisotopic (exact) mass is 373 g/mol. The van der Waals surface area contributed by atoms with Crippen LogP contribution in [-0.2, 0) is 10.5 Å². The first-order chi connectivity index (χ1) is 12.4. The number of benzene rings is 1. The Bertz CT molecular complexity index is 808. The zero-order valence-electron chi connectivity index (χ0n) is 15.2. The highest BCUT2D eigenvalue weighted by atomic mass is 32.2. The number of aromatic nitrogens is 1. The highest BCUT2D eigenvalue weighted by Gasteiger charge is 2.24. The minimum atomic E-state index is -0.0930. The molecule has 26 heavy (non-hydrogen) atoms. The Morgan fingerprint density at radius 1 is 1.27 bits per heavy atom. The summed E-state index contributed by atoms with van der Waals surface area (Å²) in [7, 11) is 0. The Labute approximate surface area is 157 Å². The van der Waals surface area contributed by atoms with Gasteiger partial charge in [-0.25, -0.2) is 0 Å². The molecule has 1 fully saturated rings. The number of hydrogen-bond acceptors (Lipinski definition) is 5. The van der Waals surface area contributed by atoms with Gasteiger partial charge in [-0.15, -0.1) is 11.8 Å². The average Bonchev–Trinajstić information content (AvgIpc) is 3.36. The number of anilines is 1. The van der Waals surface area contributed by atoms with Gasteiger partial charge in [0.05, 0.1) is 11.4 Å². The van der Waals surface area contributed by atoms with Crippen LogP contribution >= 0.6 is 11.8 Å². The quantitative estimate of drug-likeness (QED) is 0.777. The van der Waals surface area contributed by atoms with E-state index in [4.69, 9.17) is 4.52 Å². The van der Waals surface area contributed by atoms with Crippen LogP contribution < -0.4 is 10.6 Å². The minimum Gasteiger partial charge on any atom is -0.361 e. The lowest BCUT2D eigenvalue weighted by molar-refractivity contribution is -0.113. The fraction of sp³-hybridized carbons (Fsp3) is 0.421. The van der Waals surface area contributed by atoms with Crippen LogP contribution in [0.15, 0.2) is 22.7 Å². The molecule has 0 aliphatic heterocycles. The lowest BCUT2D eigenvalue weighted by atomic mass is 10.1. The van der Waals surface area contributed by atoms with Gasteiger partial charge in [0.15, 0.2) is 0 Å². The van der Waals surface area contributed by atoms with Crippen molar-refractivity contribution in [3.05, 3.63) is 46.3 Å². The van der Waals surface area contributed by atoms with Crippen LogP contribution in [0.4, 0.5) is 5.69 Å². The van der Waals surface area contributed by atoms with Gasteiger partial charge in [0.25, 0.3) is 5.91 Å². The van der Waals surface area contributed by atoms with Gasteiger partial charge < -0.3 is 15.2 Å². The third kappa shape index (κ3) is 4.66. The van der Waals surface area contributed by atoms with Gasteiger partial charge in [0.1, 0.15) is 5.76 Å². The topological polar surface area (TPSA) is 84.2 Å². The van der Waals surface area contributed by atoms with Gasteiger partial charge >= 0.3 is 0 Å². The van der Waals surface area contributed by atoms with Crippen LogP contribution in [0.5, 0.6) is 0 Å². The van der Waals surface area contributed by atoms with E-state index >= 15 is 0 Å². The van der Waals surface area contributed by atoms with Crippen molar-refractivity contribution in [2.45, 2.75) is 45.4 Å². The largest absolute Gasteiger partial charge is 0.361 e. The molecule has 0 atom stereocenters. The van der Waals surface area contributed by atoms with Crippen molar-refractivity contribution in [1.29, 1.82) is 0 Å². The highest BCUT2D eigenvalue weighted by molar-refractivity contribution is 7.99. The lowest BCUT2D eigenvalue weighted by Crippen LogP contribution is -2.25. The predicted molar refractivity (Wildman–Crippen MR) is 102 cm³/mol.